The molecule has 0 aliphatic carbocycles. The summed E-state index contributed by atoms with van der Waals surface area (Å²) in [6.07, 6.45) is 7.63. The Labute approximate surface area is 170 Å². The molecule has 1 atom stereocenters. The first-order valence-electron chi connectivity index (χ1n) is 9.56. The lowest BCUT2D eigenvalue weighted by atomic mass is 9.79. The Morgan fingerprint density at radius 1 is 1.21 bits per heavy atom. The Bertz CT molecular complexity index is 806. The molecule has 2 aromatic rings. The highest BCUT2D eigenvalue weighted by Gasteiger charge is 2.34. The van der Waals surface area contributed by atoms with Crippen molar-refractivity contribution in [2.24, 2.45) is 0 Å². The lowest BCUT2D eigenvalue weighted by Gasteiger charge is -2.37. The summed E-state index contributed by atoms with van der Waals surface area (Å²) in [5, 5.41) is 13.8. The van der Waals surface area contributed by atoms with Crippen LogP contribution in [-0.2, 0) is 21.4 Å². The zero-order valence-electron chi connectivity index (χ0n) is 17.1. The van der Waals surface area contributed by atoms with Gasteiger partial charge in [0.15, 0.2) is 0 Å². The lowest BCUT2D eigenvalue weighted by Crippen LogP contribution is -2.40. The number of hydrogen-bond donors (Lipinski definition) is 2. The quantitative estimate of drug-likeness (QED) is 0.743. The number of ether oxygens (including phenoxy) is 1. The number of likely N-dealkylation sites (tertiary alicyclic amines) is 1. The Morgan fingerprint density at radius 2 is 1.83 bits per heavy atom. The van der Waals surface area contributed by atoms with Gasteiger partial charge in [-0.3, -0.25) is 9.59 Å². The second-order valence-electron chi connectivity index (χ2n) is 7.62. The summed E-state index contributed by atoms with van der Waals surface area (Å²) < 4.78 is 8.10. The molecular formula is C21H29N3O5. The van der Waals surface area contributed by atoms with Crippen molar-refractivity contribution >= 4 is 12.9 Å². The minimum atomic E-state index is -0.250. The van der Waals surface area contributed by atoms with Crippen LogP contribution in [0.1, 0.15) is 38.1 Å². The Morgan fingerprint density at radius 3 is 2.45 bits per heavy atom. The second kappa shape index (κ2) is 10.1. The standard InChI is InChI=1S/C19H25N3O.2CH2O2/c1-14-12-15-13-16(4-5-17(15)23-14)22-11-8-20-18(22)19(2)6-9-21(3)10-7-19;2*2-1-3/h4-5,8,11,13-14H,6-7,9-10,12H2,1-3H3;2*1H,(H,2,3). The second-order valence-corrected chi connectivity index (χ2v) is 7.62. The topological polar surface area (TPSA) is 105 Å². The van der Waals surface area contributed by atoms with E-state index in [1.807, 2.05) is 6.20 Å². The number of nitrogens with zero attached hydrogens (tertiary/aromatic N) is 3. The number of carbonyl (C=O) groups is 2. The molecule has 1 aromatic heterocycles. The summed E-state index contributed by atoms with van der Waals surface area (Å²) >= 11 is 0. The summed E-state index contributed by atoms with van der Waals surface area (Å²) in [4.78, 5) is 23.9. The van der Waals surface area contributed by atoms with Gasteiger partial charge < -0.3 is 24.4 Å². The summed E-state index contributed by atoms with van der Waals surface area (Å²) in [6, 6.07) is 6.53. The van der Waals surface area contributed by atoms with Crippen molar-refractivity contribution in [3.05, 3.63) is 42.0 Å². The molecule has 3 heterocycles. The van der Waals surface area contributed by atoms with Crippen LogP contribution in [0.4, 0.5) is 0 Å². The van der Waals surface area contributed by atoms with Gasteiger partial charge in [-0.05, 0) is 63.7 Å². The summed E-state index contributed by atoms with van der Waals surface area (Å²) in [7, 11) is 2.20. The van der Waals surface area contributed by atoms with Crippen LogP contribution in [0.3, 0.4) is 0 Å². The van der Waals surface area contributed by atoms with Crippen LogP contribution in [0.2, 0.25) is 0 Å². The average Bonchev–Trinajstić information content (AvgIpc) is 3.31. The van der Waals surface area contributed by atoms with Crippen LogP contribution in [0.15, 0.2) is 30.6 Å². The molecule has 1 saturated heterocycles. The van der Waals surface area contributed by atoms with Crippen molar-refractivity contribution in [3.8, 4) is 11.4 Å². The number of fused-ring (bicyclic) bond motifs is 1. The highest BCUT2D eigenvalue weighted by molar-refractivity contribution is 5.47. The average molecular weight is 403 g/mol. The summed E-state index contributed by atoms with van der Waals surface area (Å²) in [6.45, 7) is 6.26. The lowest BCUT2D eigenvalue weighted by molar-refractivity contribution is -0.123. The maximum absolute atomic E-state index is 8.36. The molecular weight excluding hydrogens is 374 g/mol. The normalized spacial score (nSPS) is 19.5. The highest BCUT2D eigenvalue weighted by atomic mass is 16.5. The van der Waals surface area contributed by atoms with Gasteiger partial charge in [-0.1, -0.05) is 6.92 Å². The van der Waals surface area contributed by atoms with E-state index in [4.69, 9.17) is 29.5 Å². The molecule has 1 fully saturated rings. The molecule has 1 unspecified atom stereocenters. The van der Waals surface area contributed by atoms with Gasteiger partial charge in [0.05, 0.1) is 0 Å². The highest BCUT2D eigenvalue weighted by Crippen LogP contribution is 2.36. The number of imidazole rings is 1. The van der Waals surface area contributed by atoms with Gasteiger partial charge in [-0.15, -0.1) is 0 Å². The van der Waals surface area contributed by atoms with E-state index in [-0.39, 0.29) is 24.5 Å². The van der Waals surface area contributed by atoms with Gasteiger partial charge in [0, 0.05) is 29.9 Å². The molecule has 4 rings (SSSR count). The van der Waals surface area contributed by atoms with Crippen LogP contribution >= 0.6 is 0 Å². The van der Waals surface area contributed by atoms with E-state index in [0.717, 1.165) is 38.1 Å². The Balaban J connectivity index is 0.000000449. The summed E-state index contributed by atoms with van der Waals surface area (Å²) in [5.74, 6) is 2.23. The fourth-order valence-electron chi connectivity index (χ4n) is 3.85. The predicted octanol–water partition coefficient (Wildman–Crippen LogP) is 2.58. The van der Waals surface area contributed by atoms with Gasteiger partial charge in [0.2, 0.25) is 0 Å². The van der Waals surface area contributed by atoms with Crippen LogP contribution in [0.5, 0.6) is 5.75 Å². The van der Waals surface area contributed by atoms with Gasteiger partial charge in [0.1, 0.15) is 17.7 Å². The molecule has 0 radical (unpaired) electrons. The van der Waals surface area contributed by atoms with E-state index in [0.29, 0.717) is 0 Å². The number of piperidine rings is 1. The van der Waals surface area contributed by atoms with Crippen molar-refractivity contribution in [2.45, 2.75) is 44.6 Å². The van der Waals surface area contributed by atoms with Gasteiger partial charge >= 0.3 is 0 Å². The maximum atomic E-state index is 8.36. The molecule has 158 valence electrons. The van der Waals surface area contributed by atoms with E-state index in [9.17, 15) is 0 Å². The van der Waals surface area contributed by atoms with E-state index < -0.39 is 0 Å². The molecule has 29 heavy (non-hydrogen) atoms. The SMILES string of the molecule is CC1Cc2cc(-n3ccnc3C3(C)CCN(C)CC3)ccc2O1.O=CO.O=CO. The van der Waals surface area contributed by atoms with Crippen molar-refractivity contribution in [2.75, 3.05) is 20.1 Å². The van der Waals surface area contributed by atoms with Crippen LogP contribution in [-0.4, -0.2) is 63.8 Å². The van der Waals surface area contributed by atoms with Crippen LogP contribution < -0.4 is 4.74 Å². The van der Waals surface area contributed by atoms with Gasteiger partial charge in [-0.25, -0.2) is 4.98 Å². The third kappa shape index (κ3) is 5.35. The Hall–Kier alpha value is -2.87. The number of carboxylic acid groups (broad SMARTS) is 2. The van der Waals surface area contributed by atoms with Crippen molar-refractivity contribution in [3.63, 3.8) is 0 Å². The fraction of sp³-hybridized carbons (Fsp3) is 0.476. The molecule has 1 aromatic carbocycles. The van der Waals surface area contributed by atoms with E-state index >= 15 is 0 Å². The van der Waals surface area contributed by atoms with Crippen LogP contribution in [0, 0.1) is 0 Å². The maximum Gasteiger partial charge on any atom is 0.290 e. The largest absolute Gasteiger partial charge is 0.490 e. The summed E-state index contributed by atoms with van der Waals surface area (Å²) in [5.41, 5.74) is 2.66. The van der Waals surface area contributed by atoms with Gasteiger partial charge in [0.25, 0.3) is 12.9 Å². The molecule has 0 bridgehead atoms. The minimum Gasteiger partial charge on any atom is -0.490 e. The number of aromatic nitrogens is 2. The molecule has 0 saturated carbocycles. The third-order valence-corrected chi connectivity index (χ3v) is 5.43. The van der Waals surface area contributed by atoms with Crippen molar-refractivity contribution < 1.29 is 24.5 Å². The predicted molar refractivity (Wildman–Crippen MR) is 109 cm³/mol. The first-order valence-corrected chi connectivity index (χ1v) is 9.56. The zero-order chi connectivity index (χ0) is 21.4. The number of benzene rings is 1. The molecule has 0 spiro atoms. The molecule has 2 aliphatic rings. The molecule has 2 aliphatic heterocycles. The third-order valence-electron chi connectivity index (χ3n) is 5.43. The van der Waals surface area contributed by atoms with Crippen molar-refractivity contribution in [1.29, 1.82) is 0 Å². The number of hydrogen-bond acceptors (Lipinski definition) is 5. The van der Waals surface area contributed by atoms with Crippen LogP contribution in [0.25, 0.3) is 5.69 Å². The molecule has 8 nitrogen and oxygen atoms in total. The molecule has 8 heteroatoms. The van der Waals surface area contributed by atoms with E-state index in [2.05, 4.69) is 54.8 Å². The monoisotopic (exact) mass is 403 g/mol. The first kappa shape index (κ1) is 22.4. The van der Waals surface area contributed by atoms with Crippen molar-refractivity contribution in [1.82, 2.24) is 14.5 Å². The molecule has 2 N–H and O–H groups in total. The minimum absolute atomic E-state index is 0.152. The number of rotatable bonds is 2. The zero-order valence-corrected chi connectivity index (χ0v) is 17.1. The fourth-order valence-corrected chi connectivity index (χ4v) is 3.85. The smallest absolute Gasteiger partial charge is 0.290 e. The van der Waals surface area contributed by atoms with E-state index in [1.165, 1.54) is 17.1 Å². The first-order chi connectivity index (χ1) is 13.9. The Kier molecular flexibility index (Phi) is 7.78. The van der Waals surface area contributed by atoms with Gasteiger partial charge in [-0.2, -0.15) is 0 Å². The van der Waals surface area contributed by atoms with E-state index in [1.54, 1.807) is 0 Å². The molecule has 0 amide bonds.